The fraction of sp³-hybridized carbons (Fsp3) is 0.875. The van der Waals surface area contributed by atoms with Gasteiger partial charge >= 0.3 is 0 Å². The molecule has 2 rings (SSSR count). The number of amides is 2. The zero-order valence-corrected chi connectivity index (χ0v) is 13.8. The third-order valence-electron chi connectivity index (χ3n) is 4.25. The molecule has 0 aliphatic carbocycles. The van der Waals surface area contributed by atoms with E-state index in [0.717, 1.165) is 19.4 Å². The third-order valence-corrected chi connectivity index (χ3v) is 4.25. The largest absolute Gasteiger partial charge is 0.378 e. The summed E-state index contributed by atoms with van der Waals surface area (Å²) < 4.78 is 5.30. The van der Waals surface area contributed by atoms with E-state index in [-0.39, 0.29) is 17.7 Å². The zero-order valence-electron chi connectivity index (χ0n) is 13.8. The molecule has 22 heavy (non-hydrogen) atoms. The van der Waals surface area contributed by atoms with Crippen LogP contribution in [0.1, 0.15) is 26.7 Å². The van der Waals surface area contributed by atoms with Crippen molar-refractivity contribution in [2.75, 3.05) is 52.5 Å². The molecule has 0 saturated carbocycles. The molecule has 6 heteroatoms. The Kier molecular flexibility index (Phi) is 6.64. The van der Waals surface area contributed by atoms with Crippen molar-refractivity contribution in [1.82, 2.24) is 15.1 Å². The van der Waals surface area contributed by atoms with E-state index < -0.39 is 0 Å². The van der Waals surface area contributed by atoms with E-state index >= 15 is 0 Å². The molecular weight excluding hydrogens is 282 g/mol. The van der Waals surface area contributed by atoms with E-state index in [1.807, 2.05) is 4.90 Å². The van der Waals surface area contributed by atoms with Crippen LogP contribution in [0.25, 0.3) is 0 Å². The summed E-state index contributed by atoms with van der Waals surface area (Å²) in [7, 11) is 0. The Morgan fingerprint density at radius 1 is 1.23 bits per heavy atom. The van der Waals surface area contributed by atoms with E-state index in [0.29, 0.717) is 51.9 Å². The molecule has 1 N–H and O–H groups in total. The molecule has 1 unspecified atom stereocenters. The van der Waals surface area contributed by atoms with Crippen molar-refractivity contribution >= 4 is 11.8 Å². The van der Waals surface area contributed by atoms with E-state index in [9.17, 15) is 9.59 Å². The Hall–Kier alpha value is -1.14. The van der Waals surface area contributed by atoms with Crippen LogP contribution in [0.5, 0.6) is 0 Å². The summed E-state index contributed by atoms with van der Waals surface area (Å²) in [4.78, 5) is 28.5. The maximum absolute atomic E-state index is 12.5. The number of carbonyl (C=O) groups is 2. The minimum absolute atomic E-state index is 0.0322. The third kappa shape index (κ3) is 5.25. The molecule has 0 bridgehead atoms. The van der Waals surface area contributed by atoms with Gasteiger partial charge < -0.3 is 15.0 Å². The van der Waals surface area contributed by atoms with E-state index in [4.69, 9.17) is 4.74 Å². The summed E-state index contributed by atoms with van der Waals surface area (Å²) in [5.41, 5.74) is 0. The maximum atomic E-state index is 12.5. The number of carbonyl (C=O) groups excluding carboxylic acids is 2. The van der Waals surface area contributed by atoms with Crippen molar-refractivity contribution < 1.29 is 14.3 Å². The van der Waals surface area contributed by atoms with Crippen LogP contribution in [-0.2, 0) is 14.3 Å². The van der Waals surface area contributed by atoms with Crippen LogP contribution in [0.15, 0.2) is 0 Å². The molecule has 2 aliphatic heterocycles. The average Bonchev–Trinajstić information content (AvgIpc) is 2.53. The van der Waals surface area contributed by atoms with Gasteiger partial charge in [-0.05, 0) is 25.3 Å². The number of nitrogens with one attached hydrogen (secondary N) is 1. The van der Waals surface area contributed by atoms with Gasteiger partial charge in [0.25, 0.3) is 0 Å². The highest BCUT2D eigenvalue weighted by Gasteiger charge is 2.30. The molecule has 2 fully saturated rings. The Balaban J connectivity index is 1.78. The number of nitrogens with zero attached hydrogens (tertiary/aromatic N) is 2. The van der Waals surface area contributed by atoms with Crippen molar-refractivity contribution in [3.8, 4) is 0 Å². The zero-order chi connectivity index (χ0) is 15.9. The molecule has 2 aliphatic rings. The maximum Gasteiger partial charge on any atom is 0.234 e. The average molecular weight is 311 g/mol. The molecule has 6 nitrogen and oxygen atoms in total. The number of morpholine rings is 1. The van der Waals surface area contributed by atoms with Crippen LogP contribution in [0.2, 0.25) is 0 Å². The Morgan fingerprint density at radius 2 is 1.95 bits per heavy atom. The lowest BCUT2D eigenvalue weighted by atomic mass is 9.96. The van der Waals surface area contributed by atoms with Gasteiger partial charge in [0, 0.05) is 26.2 Å². The smallest absolute Gasteiger partial charge is 0.234 e. The highest BCUT2D eigenvalue weighted by atomic mass is 16.5. The van der Waals surface area contributed by atoms with Gasteiger partial charge in [0.2, 0.25) is 11.8 Å². The Labute approximate surface area is 133 Å². The van der Waals surface area contributed by atoms with Crippen LogP contribution in [0.3, 0.4) is 0 Å². The van der Waals surface area contributed by atoms with Crippen molar-refractivity contribution in [3.63, 3.8) is 0 Å². The van der Waals surface area contributed by atoms with Crippen LogP contribution < -0.4 is 5.32 Å². The van der Waals surface area contributed by atoms with Crippen molar-refractivity contribution in [2.24, 2.45) is 11.8 Å². The van der Waals surface area contributed by atoms with Crippen molar-refractivity contribution in [1.29, 1.82) is 0 Å². The van der Waals surface area contributed by atoms with Gasteiger partial charge in [-0.3, -0.25) is 14.5 Å². The lowest BCUT2D eigenvalue weighted by Crippen LogP contribution is -2.50. The van der Waals surface area contributed by atoms with E-state index in [2.05, 4.69) is 24.1 Å². The second-order valence-corrected chi connectivity index (χ2v) is 6.71. The number of hydrogen-bond donors (Lipinski definition) is 1. The number of piperidine rings is 1. The predicted octanol–water partition coefficient (Wildman–Crippen LogP) is 0.329. The van der Waals surface area contributed by atoms with Gasteiger partial charge in [-0.15, -0.1) is 0 Å². The van der Waals surface area contributed by atoms with Crippen LogP contribution in [-0.4, -0.2) is 74.1 Å². The van der Waals surface area contributed by atoms with E-state index in [1.165, 1.54) is 0 Å². The van der Waals surface area contributed by atoms with Gasteiger partial charge in [-0.2, -0.15) is 0 Å². The first-order chi connectivity index (χ1) is 10.6. The minimum atomic E-state index is 0.0322. The summed E-state index contributed by atoms with van der Waals surface area (Å²) >= 11 is 0. The van der Waals surface area contributed by atoms with Crippen LogP contribution in [0, 0.1) is 11.8 Å². The lowest BCUT2D eigenvalue weighted by molar-refractivity contribution is -0.142. The Bertz CT molecular complexity index is 381. The molecule has 2 saturated heterocycles. The predicted molar refractivity (Wildman–Crippen MR) is 84.4 cm³/mol. The number of rotatable bonds is 5. The second-order valence-electron chi connectivity index (χ2n) is 6.71. The molecule has 1 atom stereocenters. The highest BCUT2D eigenvalue weighted by Crippen LogP contribution is 2.19. The second kappa shape index (κ2) is 8.48. The van der Waals surface area contributed by atoms with E-state index in [1.54, 1.807) is 0 Å². The first-order valence-corrected chi connectivity index (χ1v) is 8.42. The molecule has 0 aromatic rings. The number of likely N-dealkylation sites (tertiary alicyclic amines) is 1. The normalized spacial score (nSPS) is 23.6. The first kappa shape index (κ1) is 17.2. The Morgan fingerprint density at radius 3 is 2.64 bits per heavy atom. The molecular formula is C16H29N3O3. The topological polar surface area (TPSA) is 61.9 Å². The summed E-state index contributed by atoms with van der Waals surface area (Å²) in [5.74, 6) is 0.787. The SMILES string of the molecule is CC(C)CNC(=O)CN1CCCC(C(=O)N2CCOCC2)C1. The number of ether oxygens (including phenoxy) is 1. The van der Waals surface area contributed by atoms with Gasteiger partial charge in [0.15, 0.2) is 0 Å². The first-order valence-electron chi connectivity index (χ1n) is 8.42. The number of hydrogen-bond acceptors (Lipinski definition) is 4. The summed E-state index contributed by atoms with van der Waals surface area (Å²) in [6.45, 7) is 9.56. The fourth-order valence-electron chi connectivity index (χ4n) is 3.02. The highest BCUT2D eigenvalue weighted by molar-refractivity contribution is 5.80. The molecule has 0 radical (unpaired) electrons. The molecule has 126 valence electrons. The minimum Gasteiger partial charge on any atom is -0.378 e. The van der Waals surface area contributed by atoms with Crippen LogP contribution >= 0.6 is 0 Å². The van der Waals surface area contributed by atoms with Crippen molar-refractivity contribution in [3.05, 3.63) is 0 Å². The molecule has 2 amide bonds. The molecule has 0 spiro atoms. The summed E-state index contributed by atoms with van der Waals surface area (Å²) in [5, 5.41) is 2.94. The summed E-state index contributed by atoms with van der Waals surface area (Å²) in [6.07, 6.45) is 1.92. The van der Waals surface area contributed by atoms with Gasteiger partial charge in [-0.1, -0.05) is 13.8 Å². The van der Waals surface area contributed by atoms with Gasteiger partial charge in [-0.25, -0.2) is 0 Å². The van der Waals surface area contributed by atoms with Crippen molar-refractivity contribution in [2.45, 2.75) is 26.7 Å². The molecule has 0 aromatic heterocycles. The fourth-order valence-corrected chi connectivity index (χ4v) is 3.02. The monoisotopic (exact) mass is 311 g/mol. The molecule has 2 heterocycles. The standard InChI is InChI=1S/C16H29N3O3/c1-13(2)10-17-15(20)12-18-5-3-4-14(11-18)16(21)19-6-8-22-9-7-19/h13-14H,3-12H2,1-2H3,(H,17,20). The lowest BCUT2D eigenvalue weighted by Gasteiger charge is -2.35. The summed E-state index contributed by atoms with van der Waals surface area (Å²) in [6, 6.07) is 0. The van der Waals surface area contributed by atoms with Crippen LogP contribution in [0.4, 0.5) is 0 Å². The molecule has 0 aromatic carbocycles. The van der Waals surface area contributed by atoms with Gasteiger partial charge in [0.1, 0.15) is 0 Å². The quantitative estimate of drug-likeness (QED) is 0.795. The van der Waals surface area contributed by atoms with Gasteiger partial charge in [0.05, 0.1) is 25.7 Å².